The van der Waals surface area contributed by atoms with Crippen LogP contribution in [-0.2, 0) is 0 Å². The third-order valence-electron chi connectivity index (χ3n) is 6.63. The first-order valence-electron chi connectivity index (χ1n) is 11.7. The Bertz CT molecular complexity index is 1180. The number of amidine groups is 1. The van der Waals surface area contributed by atoms with Crippen LogP contribution in [0.3, 0.4) is 0 Å². The van der Waals surface area contributed by atoms with E-state index in [0.29, 0.717) is 22.1 Å². The average molecular weight is 470 g/mol. The normalized spacial score (nSPS) is 22.4. The van der Waals surface area contributed by atoms with Gasteiger partial charge in [-0.1, -0.05) is 24.1 Å². The van der Waals surface area contributed by atoms with E-state index in [2.05, 4.69) is 48.9 Å². The van der Waals surface area contributed by atoms with Crippen LogP contribution in [0.4, 0.5) is 13.2 Å². The van der Waals surface area contributed by atoms with E-state index >= 15 is 0 Å². The lowest BCUT2D eigenvalue weighted by atomic mass is 10.0. The highest BCUT2D eigenvalue weighted by Gasteiger charge is 2.38. The van der Waals surface area contributed by atoms with Crippen LogP contribution >= 0.6 is 0 Å². The number of hydrogen-bond acceptors (Lipinski definition) is 3. The molecule has 180 valence electrons. The number of nitrogens with one attached hydrogen (secondary N) is 1. The number of aliphatic imine (C=N–C) groups is 1. The Hall–Kier alpha value is -3.21. The Morgan fingerprint density at radius 1 is 1.32 bits per heavy atom. The maximum absolute atomic E-state index is 13.1. The Labute approximate surface area is 198 Å². The van der Waals surface area contributed by atoms with Crippen molar-refractivity contribution in [3.05, 3.63) is 46.6 Å². The van der Waals surface area contributed by atoms with Crippen LogP contribution in [0, 0.1) is 24.2 Å². The smallest absolute Gasteiger partial charge is 0.371 e. The highest BCUT2D eigenvalue weighted by molar-refractivity contribution is 5.81. The van der Waals surface area contributed by atoms with Gasteiger partial charge in [-0.15, -0.1) is 6.42 Å². The van der Waals surface area contributed by atoms with E-state index < -0.39 is 12.1 Å². The van der Waals surface area contributed by atoms with Gasteiger partial charge in [0.2, 0.25) is 0 Å². The number of halogens is 3. The summed E-state index contributed by atoms with van der Waals surface area (Å²) in [5.41, 5.74) is 2.07. The number of H-pyrrole nitrogens is 1. The van der Waals surface area contributed by atoms with Crippen molar-refractivity contribution in [1.82, 2.24) is 19.8 Å². The number of nitrogens with zero attached hydrogens (tertiary/aromatic N) is 4. The number of piperazine rings is 1. The van der Waals surface area contributed by atoms with Crippen molar-refractivity contribution in [2.75, 3.05) is 26.2 Å². The van der Waals surface area contributed by atoms with Crippen molar-refractivity contribution in [1.29, 1.82) is 0 Å². The first kappa shape index (κ1) is 23.9. The Balaban J connectivity index is 1.52. The lowest BCUT2D eigenvalue weighted by molar-refractivity contribution is -0.155. The van der Waals surface area contributed by atoms with Crippen LogP contribution in [0.1, 0.15) is 38.9 Å². The number of hydrogen-bond donors (Lipinski definition) is 1. The van der Waals surface area contributed by atoms with Gasteiger partial charge in [-0.2, -0.15) is 13.2 Å². The molecule has 0 aromatic carbocycles. The summed E-state index contributed by atoms with van der Waals surface area (Å²) in [6.45, 7) is 7.47. The summed E-state index contributed by atoms with van der Waals surface area (Å²) in [6, 6.07) is 0. The van der Waals surface area contributed by atoms with E-state index in [4.69, 9.17) is 6.42 Å². The molecule has 5 nitrogen and oxygen atoms in total. The predicted octanol–water partition coefficient (Wildman–Crippen LogP) is 3.43. The predicted molar refractivity (Wildman–Crippen MR) is 130 cm³/mol. The Kier molecular flexibility index (Phi) is 7.01. The summed E-state index contributed by atoms with van der Waals surface area (Å²) in [5.74, 6) is 2.23. The largest absolute Gasteiger partial charge is 0.395 e. The van der Waals surface area contributed by atoms with Crippen LogP contribution in [-0.4, -0.2) is 58.0 Å². The lowest BCUT2D eigenvalue weighted by Gasteiger charge is -2.38. The zero-order chi connectivity index (χ0) is 24.3. The average Bonchev–Trinajstić information content (AvgIpc) is 3.27. The molecule has 34 heavy (non-hydrogen) atoms. The van der Waals surface area contributed by atoms with E-state index in [0.717, 1.165) is 44.9 Å². The second-order valence-corrected chi connectivity index (χ2v) is 8.89. The molecule has 0 radical (unpaired) electrons. The zero-order valence-corrected chi connectivity index (χ0v) is 19.6. The minimum Gasteiger partial charge on any atom is -0.371 e. The molecule has 2 heterocycles. The minimum atomic E-state index is -4.28. The maximum Gasteiger partial charge on any atom is 0.395 e. The van der Waals surface area contributed by atoms with Crippen molar-refractivity contribution in [3.8, 4) is 12.3 Å². The summed E-state index contributed by atoms with van der Waals surface area (Å²) in [6.07, 6.45) is 14.4. The molecule has 0 bridgehead atoms. The molecule has 2 aliphatic carbocycles. The molecule has 8 heteroatoms. The molecular weight excluding hydrogens is 439 g/mol. The number of rotatable bonds is 4. The van der Waals surface area contributed by atoms with E-state index in [1.165, 1.54) is 17.8 Å². The molecule has 0 amide bonds. The van der Waals surface area contributed by atoms with Gasteiger partial charge in [-0.05, 0) is 45.3 Å². The summed E-state index contributed by atoms with van der Waals surface area (Å²) in [5, 5.41) is 0.900. The van der Waals surface area contributed by atoms with Crippen LogP contribution in [0.25, 0.3) is 17.7 Å². The lowest BCUT2D eigenvalue weighted by Crippen LogP contribution is -2.47. The van der Waals surface area contributed by atoms with Gasteiger partial charge in [0.15, 0.2) is 0 Å². The highest BCUT2D eigenvalue weighted by atomic mass is 19.4. The molecular formula is C26H30F3N5. The number of terminal acetylenes is 1. The third kappa shape index (κ3) is 5.30. The maximum atomic E-state index is 13.1. The monoisotopic (exact) mass is 469 g/mol. The molecule has 1 fully saturated rings. The van der Waals surface area contributed by atoms with E-state index in [9.17, 15) is 13.2 Å². The van der Waals surface area contributed by atoms with E-state index in [-0.39, 0.29) is 12.3 Å². The van der Waals surface area contributed by atoms with Crippen molar-refractivity contribution >= 4 is 23.6 Å². The van der Waals surface area contributed by atoms with Crippen LogP contribution in [0.15, 0.2) is 35.1 Å². The van der Waals surface area contributed by atoms with Crippen molar-refractivity contribution in [3.63, 3.8) is 0 Å². The van der Waals surface area contributed by atoms with Gasteiger partial charge in [-0.25, -0.2) is 9.98 Å². The number of fused-ring (bicyclic) bond motifs is 1. The molecule has 2 unspecified atom stereocenters. The molecule has 3 aliphatic rings. The second-order valence-electron chi connectivity index (χ2n) is 8.89. The summed E-state index contributed by atoms with van der Waals surface area (Å²) in [7, 11) is 0. The van der Waals surface area contributed by atoms with Gasteiger partial charge in [0, 0.05) is 49.6 Å². The van der Waals surface area contributed by atoms with Crippen molar-refractivity contribution < 1.29 is 13.2 Å². The molecule has 2 atom stereocenters. The number of aromatic nitrogens is 2. The van der Waals surface area contributed by atoms with Gasteiger partial charge in [-0.3, -0.25) is 0 Å². The van der Waals surface area contributed by atoms with Gasteiger partial charge >= 0.3 is 6.18 Å². The third-order valence-corrected chi connectivity index (χ3v) is 6.63. The van der Waals surface area contributed by atoms with Crippen LogP contribution in [0.2, 0.25) is 0 Å². The van der Waals surface area contributed by atoms with Gasteiger partial charge in [0.05, 0.1) is 16.6 Å². The van der Waals surface area contributed by atoms with Crippen LogP contribution in [0.5, 0.6) is 0 Å². The number of alkyl halides is 3. The Morgan fingerprint density at radius 2 is 2.09 bits per heavy atom. The molecule has 0 saturated carbocycles. The van der Waals surface area contributed by atoms with Crippen LogP contribution < -0.4 is 10.7 Å². The topological polar surface area (TPSA) is 47.5 Å². The first-order chi connectivity index (χ1) is 16.3. The molecule has 1 aromatic heterocycles. The fraction of sp³-hybridized carbons (Fsp3) is 0.462. The van der Waals surface area contributed by atoms with Crippen molar-refractivity contribution in [2.24, 2.45) is 16.8 Å². The Morgan fingerprint density at radius 3 is 2.74 bits per heavy atom. The quantitative estimate of drug-likeness (QED) is 0.418. The molecule has 1 aromatic rings. The SMILES string of the molecule is C#CC(C)/C(=C\N=C(C)N1CCN(C2=CC=CCC2)CC1)c1nc2c([nH]1)=CC(C(F)(F)F)CC=2. The first-order valence-corrected chi connectivity index (χ1v) is 11.7. The summed E-state index contributed by atoms with van der Waals surface area (Å²) < 4.78 is 39.4. The number of allylic oxidation sites excluding steroid dienone is 5. The summed E-state index contributed by atoms with van der Waals surface area (Å²) in [4.78, 5) is 16.9. The van der Waals surface area contributed by atoms with Crippen molar-refractivity contribution in [2.45, 2.75) is 39.3 Å². The fourth-order valence-electron chi connectivity index (χ4n) is 4.44. The molecule has 1 aliphatic heterocycles. The van der Waals surface area contributed by atoms with Gasteiger partial charge in [0.1, 0.15) is 11.7 Å². The van der Waals surface area contributed by atoms with E-state index in [1.807, 2.05) is 13.8 Å². The fourth-order valence-corrected chi connectivity index (χ4v) is 4.44. The number of aromatic amines is 1. The van der Waals surface area contributed by atoms with E-state index in [1.54, 1.807) is 6.20 Å². The molecule has 1 saturated heterocycles. The standard InChI is InChI=1S/C26H30F3N5/c1-4-18(2)22(25-31-23-11-10-20(26(27,28)29)16-24(23)32-25)17-30-19(3)33-12-14-34(15-13-33)21-8-6-5-7-9-21/h1,5-6,8,11,16-18,20H,7,9-10,12-15H2,2-3H3,(H,31,32)/b22-17+,30-19?. The van der Waals surface area contributed by atoms with Gasteiger partial charge in [0.25, 0.3) is 0 Å². The second kappa shape index (κ2) is 9.96. The number of imidazole rings is 1. The molecule has 1 N–H and O–H groups in total. The molecule has 0 spiro atoms. The molecule has 4 rings (SSSR count). The summed E-state index contributed by atoms with van der Waals surface area (Å²) >= 11 is 0. The highest BCUT2D eigenvalue weighted by Crippen LogP contribution is 2.31. The minimum absolute atomic E-state index is 0.110. The zero-order valence-electron chi connectivity index (χ0n) is 19.6. The van der Waals surface area contributed by atoms with Gasteiger partial charge < -0.3 is 14.8 Å².